The van der Waals surface area contributed by atoms with Crippen LogP contribution < -0.4 is 4.90 Å². The predicted molar refractivity (Wildman–Crippen MR) is 90.3 cm³/mol. The van der Waals surface area contributed by atoms with E-state index in [0.717, 1.165) is 36.0 Å². The average Bonchev–Trinajstić information content (AvgIpc) is 2.61. The first-order chi connectivity index (χ1) is 11.6. The number of esters is 1. The van der Waals surface area contributed by atoms with Gasteiger partial charge in [-0.05, 0) is 43.4 Å². The smallest absolute Gasteiger partial charge is 0.335 e. The molecule has 1 atom stereocenters. The summed E-state index contributed by atoms with van der Waals surface area (Å²) in [5, 5.41) is 11.0. The molecule has 0 bridgehead atoms. The molecule has 0 aliphatic carbocycles. The zero-order valence-electron chi connectivity index (χ0n) is 13.6. The van der Waals surface area contributed by atoms with Crippen LogP contribution in [0.5, 0.6) is 0 Å². The van der Waals surface area contributed by atoms with Gasteiger partial charge in [0.2, 0.25) is 0 Å². The average molecular weight is 328 g/mol. The summed E-state index contributed by atoms with van der Waals surface area (Å²) in [6.07, 6.45) is 3.40. The molecule has 0 spiro atoms. The SMILES string of the molecule is CCOC(=O)C1CCCN(c2nccc3ccc(C(=O)O)cc23)C1. The van der Waals surface area contributed by atoms with Crippen molar-refractivity contribution in [2.45, 2.75) is 19.8 Å². The summed E-state index contributed by atoms with van der Waals surface area (Å²) in [4.78, 5) is 29.8. The number of carboxylic acid groups (broad SMARTS) is 1. The van der Waals surface area contributed by atoms with Crippen LogP contribution >= 0.6 is 0 Å². The van der Waals surface area contributed by atoms with Crippen LogP contribution in [0.4, 0.5) is 5.82 Å². The maximum Gasteiger partial charge on any atom is 0.335 e. The van der Waals surface area contributed by atoms with Crippen molar-refractivity contribution in [2.24, 2.45) is 5.92 Å². The molecule has 1 aromatic carbocycles. The highest BCUT2D eigenvalue weighted by molar-refractivity contribution is 5.98. The second-order valence-corrected chi connectivity index (χ2v) is 5.91. The van der Waals surface area contributed by atoms with E-state index in [4.69, 9.17) is 4.74 Å². The van der Waals surface area contributed by atoms with Crippen molar-refractivity contribution >= 4 is 28.5 Å². The number of carbonyl (C=O) groups is 2. The lowest BCUT2D eigenvalue weighted by molar-refractivity contribution is -0.148. The highest BCUT2D eigenvalue weighted by Gasteiger charge is 2.28. The van der Waals surface area contributed by atoms with E-state index in [9.17, 15) is 14.7 Å². The first-order valence-corrected chi connectivity index (χ1v) is 8.13. The van der Waals surface area contributed by atoms with Crippen LogP contribution in [-0.2, 0) is 9.53 Å². The van der Waals surface area contributed by atoms with Gasteiger partial charge in [0.1, 0.15) is 5.82 Å². The molecule has 1 aromatic heterocycles. The Kier molecular flexibility index (Phi) is 4.64. The standard InChI is InChI=1S/C18H20N2O4/c1-2-24-18(23)14-4-3-9-20(11-14)16-15-10-13(17(21)22)6-5-12(15)7-8-19-16/h5-8,10,14H,2-4,9,11H2,1H3,(H,21,22). The van der Waals surface area contributed by atoms with Gasteiger partial charge in [-0.3, -0.25) is 4.79 Å². The van der Waals surface area contributed by atoms with E-state index < -0.39 is 5.97 Å². The Bertz CT molecular complexity index is 775. The van der Waals surface area contributed by atoms with E-state index in [1.54, 1.807) is 31.3 Å². The second kappa shape index (κ2) is 6.86. The Labute approximate surface area is 140 Å². The van der Waals surface area contributed by atoms with Gasteiger partial charge in [0, 0.05) is 24.7 Å². The molecule has 2 heterocycles. The molecule has 2 aromatic rings. The lowest BCUT2D eigenvalue weighted by Gasteiger charge is -2.33. The fourth-order valence-corrected chi connectivity index (χ4v) is 3.16. The van der Waals surface area contributed by atoms with Gasteiger partial charge < -0.3 is 14.7 Å². The molecule has 3 rings (SSSR count). The van der Waals surface area contributed by atoms with Gasteiger partial charge in [-0.2, -0.15) is 0 Å². The van der Waals surface area contributed by atoms with Gasteiger partial charge in [0.05, 0.1) is 18.1 Å². The molecule has 1 N–H and O–H groups in total. The molecular formula is C18H20N2O4. The van der Waals surface area contributed by atoms with E-state index in [1.165, 1.54) is 0 Å². The number of carbonyl (C=O) groups excluding carboxylic acids is 1. The molecule has 1 fully saturated rings. The number of fused-ring (bicyclic) bond motifs is 1. The summed E-state index contributed by atoms with van der Waals surface area (Å²) in [5.41, 5.74) is 0.232. The van der Waals surface area contributed by atoms with Crippen LogP contribution in [-0.4, -0.2) is 41.7 Å². The molecular weight excluding hydrogens is 308 g/mol. The van der Waals surface area contributed by atoms with E-state index in [-0.39, 0.29) is 17.5 Å². The van der Waals surface area contributed by atoms with Crippen molar-refractivity contribution in [1.82, 2.24) is 4.98 Å². The van der Waals surface area contributed by atoms with Gasteiger partial charge in [0.15, 0.2) is 0 Å². The van der Waals surface area contributed by atoms with Gasteiger partial charge in [-0.1, -0.05) is 6.07 Å². The summed E-state index contributed by atoms with van der Waals surface area (Å²) < 4.78 is 5.14. The number of benzene rings is 1. The molecule has 24 heavy (non-hydrogen) atoms. The number of pyridine rings is 1. The van der Waals surface area contributed by atoms with Crippen molar-refractivity contribution in [3.63, 3.8) is 0 Å². The maximum absolute atomic E-state index is 12.0. The molecule has 0 radical (unpaired) electrons. The number of carboxylic acids is 1. The number of piperidine rings is 1. The lowest BCUT2D eigenvalue weighted by atomic mass is 9.97. The summed E-state index contributed by atoms with van der Waals surface area (Å²) in [6, 6.07) is 6.88. The number of hydrogen-bond acceptors (Lipinski definition) is 5. The summed E-state index contributed by atoms with van der Waals surface area (Å²) in [6.45, 7) is 3.52. The normalized spacial score (nSPS) is 17.7. The molecule has 1 aliphatic rings. The number of aromatic carboxylic acids is 1. The fourth-order valence-electron chi connectivity index (χ4n) is 3.16. The van der Waals surface area contributed by atoms with Crippen LogP contribution in [0.3, 0.4) is 0 Å². The van der Waals surface area contributed by atoms with Crippen molar-refractivity contribution in [3.8, 4) is 0 Å². The monoisotopic (exact) mass is 328 g/mol. The third-order valence-electron chi connectivity index (χ3n) is 4.33. The molecule has 126 valence electrons. The number of hydrogen-bond donors (Lipinski definition) is 1. The zero-order chi connectivity index (χ0) is 17.1. The second-order valence-electron chi connectivity index (χ2n) is 5.91. The Morgan fingerprint density at radius 3 is 2.96 bits per heavy atom. The van der Waals surface area contributed by atoms with Crippen molar-refractivity contribution < 1.29 is 19.4 Å². The molecule has 0 saturated carbocycles. The third kappa shape index (κ3) is 3.18. The molecule has 6 heteroatoms. The van der Waals surface area contributed by atoms with Crippen LogP contribution in [0.2, 0.25) is 0 Å². The van der Waals surface area contributed by atoms with Crippen LogP contribution in [0, 0.1) is 5.92 Å². The molecule has 1 aliphatic heterocycles. The number of anilines is 1. The van der Waals surface area contributed by atoms with E-state index >= 15 is 0 Å². The van der Waals surface area contributed by atoms with Crippen molar-refractivity contribution in [1.29, 1.82) is 0 Å². The summed E-state index contributed by atoms with van der Waals surface area (Å²) in [5.74, 6) is -0.577. The topological polar surface area (TPSA) is 79.7 Å². The quantitative estimate of drug-likeness (QED) is 0.869. The van der Waals surface area contributed by atoms with Gasteiger partial charge in [-0.15, -0.1) is 0 Å². The van der Waals surface area contributed by atoms with Crippen LogP contribution in [0.15, 0.2) is 30.5 Å². The Balaban J connectivity index is 1.94. The number of nitrogens with zero attached hydrogens (tertiary/aromatic N) is 2. The first kappa shape index (κ1) is 16.2. The maximum atomic E-state index is 12.0. The minimum atomic E-state index is -0.963. The van der Waals surface area contributed by atoms with E-state index in [2.05, 4.69) is 9.88 Å². The summed E-state index contributed by atoms with van der Waals surface area (Å²) in [7, 11) is 0. The lowest BCUT2D eigenvalue weighted by Crippen LogP contribution is -2.40. The highest BCUT2D eigenvalue weighted by Crippen LogP contribution is 2.29. The molecule has 6 nitrogen and oxygen atoms in total. The minimum Gasteiger partial charge on any atom is -0.478 e. The Hall–Kier alpha value is -2.63. The van der Waals surface area contributed by atoms with E-state index in [0.29, 0.717) is 13.2 Å². The highest BCUT2D eigenvalue weighted by atomic mass is 16.5. The predicted octanol–water partition coefficient (Wildman–Crippen LogP) is 2.71. The van der Waals surface area contributed by atoms with Crippen LogP contribution in [0.25, 0.3) is 10.8 Å². The van der Waals surface area contributed by atoms with Crippen molar-refractivity contribution in [3.05, 3.63) is 36.0 Å². The largest absolute Gasteiger partial charge is 0.478 e. The summed E-state index contributed by atoms with van der Waals surface area (Å²) >= 11 is 0. The van der Waals surface area contributed by atoms with Gasteiger partial charge in [-0.25, -0.2) is 9.78 Å². The fraction of sp³-hybridized carbons (Fsp3) is 0.389. The molecule has 1 saturated heterocycles. The zero-order valence-corrected chi connectivity index (χ0v) is 13.6. The molecule has 1 unspecified atom stereocenters. The van der Waals surface area contributed by atoms with Gasteiger partial charge in [0.25, 0.3) is 0 Å². The van der Waals surface area contributed by atoms with Gasteiger partial charge >= 0.3 is 11.9 Å². The van der Waals surface area contributed by atoms with Crippen LogP contribution in [0.1, 0.15) is 30.1 Å². The Morgan fingerprint density at radius 2 is 2.21 bits per heavy atom. The first-order valence-electron chi connectivity index (χ1n) is 8.13. The number of rotatable bonds is 4. The minimum absolute atomic E-state index is 0.168. The van der Waals surface area contributed by atoms with E-state index in [1.807, 2.05) is 6.07 Å². The number of ether oxygens (including phenoxy) is 1. The third-order valence-corrected chi connectivity index (χ3v) is 4.33. The Morgan fingerprint density at radius 1 is 1.38 bits per heavy atom. The van der Waals surface area contributed by atoms with Crippen molar-refractivity contribution in [2.75, 3.05) is 24.6 Å². The molecule has 0 amide bonds. The number of aromatic nitrogens is 1.